The number of halogens is 6. The Labute approximate surface area is 196 Å². The molecule has 2 amide bonds. The zero-order valence-electron chi connectivity index (χ0n) is 18.3. The summed E-state index contributed by atoms with van der Waals surface area (Å²) in [5.41, 5.74) is 2.02. The van der Waals surface area contributed by atoms with Crippen molar-refractivity contribution in [1.29, 1.82) is 0 Å². The highest BCUT2D eigenvalue weighted by Crippen LogP contribution is 2.48. The molecule has 0 saturated carbocycles. The van der Waals surface area contributed by atoms with Crippen molar-refractivity contribution in [3.05, 3.63) is 52.8 Å². The van der Waals surface area contributed by atoms with Gasteiger partial charge in [-0.15, -0.1) is 0 Å². The van der Waals surface area contributed by atoms with Gasteiger partial charge in [0.1, 0.15) is 23.1 Å². The van der Waals surface area contributed by atoms with E-state index in [9.17, 15) is 31.5 Å². The molecule has 1 heterocycles. The molecule has 186 valence electrons. The number of carbonyl (C=O) groups is 2. The molecule has 13 heteroatoms. The van der Waals surface area contributed by atoms with E-state index in [4.69, 9.17) is 26.8 Å². The van der Waals surface area contributed by atoms with Gasteiger partial charge < -0.3 is 15.2 Å². The van der Waals surface area contributed by atoms with Crippen molar-refractivity contribution in [2.45, 2.75) is 38.5 Å². The maximum absolute atomic E-state index is 14.1. The molecule has 7 nitrogen and oxygen atoms in total. The van der Waals surface area contributed by atoms with Crippen LogP contribution in [0.25, 0.3) is 0 Å². The van der Waals surface area contributed by atoms with Gasteiger partial charge in [-0.1, -0.05) is 11.6 Å². The lowest BCUT2D eigenvalue weighted by Crippen LogP contribution is -2.41. The summed E-state index contributed by atoms with van der Waals surface area (Å²) in [4.78, 5) is 30.2. The molecule has 0 spiro atoms. The third kappa shape index (κ3) is 6.11. The van der Waals surface area contributed by atoms with Crippen molar-refractivity contribution >= 4 is 29.3 Å². The summed E-state index contributed by atoms with van der Waals surface area (Å²) in [5.74, 6) is -7.28. The van der Waals surface area contributed by atoms with Crippen LogP contribution in [0.5, 0.6) is 5.75 Å². The number of ether oxygens (including phenoxy) is 2. The van der Waals surface area contributed by atoms with Crippen LogP contribution >= 0.6 is 11.6 Å². The minimum absolute atomic E-state index is 0.207. The van der Waals surface area contributed by atoms with Crippen LogP contribution in [0.15, 0.2) is 36.5 Å². The summed E-state index contributed by atoms with van der Waals surface area (Å²) in [5, 5.41) is -0.277. The third-order valence-electron chi connectivity index (χ3n) is 4.06. The quantitative estimate of drug-likeness (QED) is 0.419. The Balaban J connectivity index is 2.69. The zero-order valence-corrected chi connectivity index (χ0v) is 19.0. The maximum Gasteiger partial charge on any atom is 0.458 e. The lowest BCUT2D eigenvalue weighted by molar-refractivity contribution is -0.289. The summed E-state index contributed by atoms with van der Waals surface area (Å²) in [6.07, 6.45) is -5.89. The minimum atomic E-state index is -5.93. The van der Waals surface area contributed by atoms with Crippen LogP contribution in [-0.2, 0) is 10.7 Å². The Morgan fingerprint density at radius 2 is 1.76 bits per heavy atom. The van der Waals surface area contributed by atoms with E-state index in [1.165, 1.54) is 39.1 Å². The summed E-state index contributed by atoms with van der Waals surface area (Å²) < 4.78 is 77.4. The fourth-order valence-electron chi connectivity index (χ4n) is 2.63. The molecule has 2 N–H and O–H groups in total. The lowest BCUT2D eigenvalue weighted by Gasteiger charge is -2.28. The lowest BCUT2D eigenvalue weighted by atomic mass is 10.1. The van der Waals surface area contributed by atoms with Crippen molar-refractivity contribution in [2.75, 3.05) is 18.1 Å². The number of imide groups is 1. The molecule has 0 fully saturated rings. The molecule has 0 radical (unpaired) electrons. The van der Waals surface area contributed by atoms with Gasteiger partial charge in [0.25, 0.3) is 5.91 Å². The number of hydrogen-bond donors (Lipinski definition) is 1. The van der Waals surface area contributed by atoms with E-state index in [1.54, 1.807) is 0 Å². The van der Waals surface area contributed by atoms with E-state index in [-0.39, 0.29) is 17.3 Å². The molecule has 0 aliphatic rings. The molecule has 2 rings (SSSR count). The van der Waals surface area contributed by atoms with E-state index in [2.05, 4.69) is 4.98 Å². The van der Waals surface area contributed by atoms with Gasteiger partial charge >= 0.3 is 18.2 Å². The molecule has 2 aromatic rings. The van der Waals surface area contributed by atoms with E-state index in [0.29, 0.717) is 17.0 Å². The largest absolute Gasteiger partial charge is 0.492 e. The Hall–Kier alpha value is -2.99. The zero-order chi connectivity index (χ0) is 25.9. The topological polar surface area (TPSA) is 94.8 Å². The number of anilines is 1. The van der Waals surface area contributed by atoms with Crippen molar-refractivity contribution in [3.63, 3.8) is 0 Å². The highest BCUT2D eigenvalue weighted by Gasteiger charge is 2.60. The average Bonchev–Trinajstić information content (AvgIpc) is 2.70. The Bertz CT molecular complexity index is 1060. The fourth-order valence-corrected chi connectivity index (χ4v) is 2.83. The maximum atomic E-state index is 14.1. The smallest absolute Gasteiger partial charge is 0.458 e. The first-order valence-corrected chi connectivity index (χ1v) is 10.1. The second-order valence-corrected chi connectivity index (χ2v) is 8.21. The van der Waals surface area contributed by atoms with Crippen LogP contribution in [0.1, 0.15) is 36.7 Å². The summed E-state index contributed by atoms with van der Waals surface area (Å²) >= 11 is 5.95. The summed E-state index contributed by atoms with van der Waals surface area (Å²) in [6.45, 7) is 3.90. The third-order valence-corrected chi connectivity index (χ3v) is 4.36. The van der Waals surface area contributed by atoms with Crippen LogP contribution in [0, 0.1) is 0 Å². The van der Waals surface area contributed by atoms with Gasteiger partial charge in [0, 0.05) is 18.8 Å². The first kappa shape index (κ1) is 27.3. The number of benzene rings is 1. The second-order valence-electron chi connectivity index (χ2n) is 7.85. The van der Waals surface area contributed by atoms with E-state index in [0.717, 1.165) is 6.07 Å². The van der Waals surface area contributed by atoms with Gasteiger partial charge in [-0.25, -0.2) is 14.7 Å². The van der Waals surface area contributed by atoms with Crippen LogP contribution < -0.4 is 15.4 Å². The van der Waals surface area contributed by atoms with Gasteiger partial charge in [0.2, 0.25) is 0 Å². The monoisotopic (exact) mass is 509 g/mol. The number of carbonyl (C=O) groups excluding carboxylic acids is 2. The first-order chi connectivity index (χ1) is 15.6. The number of aromatic nitrogens is 1. The molecule has 0 aliphatic heterocycles. The number of nitrogens with zero attached hydrogens (tertiary/aromatic N) is 2. The molecule has 0 saturated heterocycles. The first-order valence-electron chi connectivity index (χ1n) is 9.70. The predicted octanol–water partition coefficient (Wildman–Crippen LogP) is 5.31. The fraction of sp³-hybridized carbons (Fsp3) is 0.381. The molecule has 1 aromatic heterocycles. The molecular formula is C21H21ClF5N3O4. The number of rotatable bonds is 6. The molecule has 0 atom stereocenters. The Kier molecular flexibility index (Phi) is 8.10. The molecule has 1 aromatic carbocycles. The number of pyridine rings is 1. The van der Waals surface area contributed by atoms with Crippen LogP contribution in [-0.4, -0.2) is 41.9 Å². The van der Waals surface area contributed by atoms with E-state index in [1.807, 2.05) is 0 Å². The van der Waals surface area contributed by atoms with E-state index < -0.39 is 53.3 Å². The van der Waals surface area contributed by atoms with Gasteiger partial charge in [0.05, 0.1) is 16.8 Å². The van der Waals surface area contributed by atoms with Crippen LogP contribution in [0.2, 0.25) is 5.15 Å². The highest BCUT2D eigenvalue weighted by atomic mass is 35.5. The normalized spacial score (nSPS) is 12.3. The van der Waals surface area contributed by atoms with Gasteiger partial charge in [-0.3, -0.25) is 4.79 Å². The predicted molar refractivity (Wildman–Crippen MR) is 113 cm³/mol. The average molecular weight is 510 g/mol. The molecule has 34 heavy (non-hydrogen) atoms. The highest BCUT2D eigenvalue weighted by molar-refractivity contribution is 6.34. The Morgan fingerprint density at radius 1 is 1.12 bits per heavy atom. The Morgan fingerprint density at radius 3 is 2.29 bits per heavy atom. The van der Waals surface area contributed by atoms with Gasteiger partial charge in [-0.2, -0.15) is 22.0 Å². The number of nitrogens with two attached hydrogens (primary N) is 1. The van der Waals surface area contributed by atoms with Gasteiger partial charge in [0.15, 0.2) is 0 Å². The van der Waals surface area contributed by atoms with Crippen molar-refractivity contribution in [3.8, 4) is 5.75 Å². The second kappa shape index (κ2) is 10.1. The molecule has 0 aliphatic carbocycles. The standard InChI is InChI=1S/C21H21ClF5N3O4/c1-19(2,3)34-18(32)30(17(31)13-5-4-9-29-16(13)22)12-6-7-14(15(11-12)33-10-8-28)20(23,24)21(25,26)27/h4-7,9,11H,8,10,28H2,1-3H3. The van der Waals surface area contributed by atoms with Crippen molar-refractivity contribution in [2.24, 2.45) is 5.73 Å². The van der Waals surface area contributed by atoms with E-state index >= 15 is 0 Å². The van der Waals surface area contributed by atoms with Gasteiger partial charge in [-0.05, 0) is 45.0 Å². The number of hydrogen-bond acceptors (Lipinski definition) is 6. The summed E-state index contributed by atoms with van der Waals surface area (Å²) in [6, 6.07) is 4.43. The number of amides is 2. The summed E-state index contributed by atoms with van der Waals surface area (Å²) in [7, 11) is 0. The van der Waals surface area contributed by atoms with Crippen LogP contribution in [0.4, 0.5) is 32.4 Å². The molecule has 0 bridgehead atoms. The minimum Gasteiger partial charge on any atom is -0.492 e. The van der Waals surface area contributed by atoms with Crippen molar-refractivity contribution in [1.82, 2.24) is 4.98 Å². The van der Waals surface area contributed by atoms with Crippen LogP contribution in [0.3, 0.4) is 0 Å². The SMILES string of the molecule is CC(C)(C)OC(=O)N(C(=O)c1cccnc1Cl)c1ccc(C(F)(F)C(F)(F)F)c(OCCN)c1. The molecule has 0 unspecified atom stereocenters. The van der Waals surface area contributed by atoms with Crippen molar-refractivity contribution < 1.29 is 41.0 Å². The molecular weight excluding hydrogens is 489 g/mol. The number of alkyl halides is 5.